The smallest absolute Gasteiger partial charge is 0.187 e. The maximum Gasteiger partial charge on any atom is 0.187 e. The van der Waals surface area contributed by atoms with Crippen LogP contribution >= 0.6 is 0 Å². The SMILES string of the molecule is CC(C)CCCC(C)CCCC(C)CCO[C@@H]1OC(CO)[C@@H](O[C@H]2OC(CO)[C@@H](O)[C@H](O)C2O)[C@H](O)C1O. The van der Waals surface area contributed by atoms with Crippen molar-refractivity contribution in [3.63, 3.8) is 0 Å². The summed E-state index contributed by atoms with van der Waals surface area (Å²) < 4.78 is 22.2. The van der Waals surface area contributed by atoms with Gasteiger partial charge in [-0.2, -0.15) is 0 Å². The van der Waals surface area contributed by atoms with Crippen molar-refractivity contribution in [1.29, 1.82) is 0 Å². The van der Waals surface area contributed by atoms with Crippen molar-refractivity contribution >= 4 is 0 Å². The van der Waals surface area contributed by atoms with Crippen molar-refractivity contribution in [2.75, 3.05) is 19.8 Å². The van der Waals surface area contributed by atoms with Gasteiger partial charge in [-0.3, -0.25) is 0 Å². The van der Waals surface area contributed by atoms with Gasteiger partial charge in [0.05, 0.1) is 19.8 Å². The molecule has 0 bridgehead atoms. The average molecular weight is 553 g/mol. The topological polar surface area (TPSA) is 179 Å². The van der Waals surface area contributed by atoms with E-state index in [4.69, 9.17) is 18.9 Å². The predicted octanol–water partition coefficient (Wildman–Crippen LogP) is 0.286. The van der Waals surface area contributed by atoms with Gasteiger partial charge in [0.2, 0.25) is 0 Å². The highest BCUT2D eigenvalue weighted by atomic mass is 16.7. The molecule has 0 radical (unpaired) electrons. The Bertz CT molecular complexity index is 634. The summed E-state index contributed by atoms with van der Waals surface area (Å²) in [7, 11) is 0. The molecule has 2 saturated heterocycles. The molecule has 0 aromatic carbocycles. The van der Waals surface area contributed by atoms with E-state index in [9.17, 15) is 35.7 Å². The minimum absolute atomic E-state index is 0.302. The van der Waals surface area contributed by atoms with Gasteiger partial charge >= 0.3 is 0 Å². The number of hydrogen-bond acceptors (Lipinski definition) is 11. The molecule has 2 heterocycles. The molecule has 0 aromatic rings. The molecule has 7 N–H and O–H groups in total. The van der Waals surface area contributed by atoms with Crippen molar-refractivity contribution in [2.24, 2.45) is 17.8 Å². The third-order valence-electron chi connectivity index (χ3n) is 7.73. The maximum atomic E-state index is 10.7. The summed E-state index contributed by atoms with van der Waals surface area (Å²) in [6, 6.07) is 0. The molecular formula is C27H52O11. The van der Waals surface area contributed by atoms with Crippen LogP contribution in [-0.2, 0) is 18.9 Å². The minimum Gasteiger partial charge on any atom is -0.394 e. The summed E-state index contributed by atoms with van der Waals surface area (Å²) in [5.41, 5.74) is 0. The van der Waals surface area contributed by atoms with Crippen LogP contribution in [0, 0.1) is 17.8 Å². The summed E-state index contributed by atoms with van der Waals surface area (Å²) >= 11 is 0. The quantitative estimate of drug-likeness (QED) is 0.140. The van der Waals surface area contributed by atoms with Crippen molar-refractivity contribution in [2.45, 2.75) is 134 Å². The van der Waals surface area contributed by atoms with Crippen LogP contribution in [0.1, 0.15) is 72.6 Å². The Morgan fingerprint density at radius 2 is 1.13 bits per heavy atom. The molecule has 2 aliphatic heterocycles. The highest BCUT2D eigenvalue weighted by Crippen LogP contribution is 2.30. The molecule has 2 fully saturated rings. The summed E-state index contributed by atoms with van der Waals surface area (Å²) in [6.07, 6.45) is -6.42. The molecule has 0 saturated carbocycles. The number of aliphatic hydroxyl groups excluding tert-OH is 7. The van der Waals surface area contributed by atoms with Crippen molar-refractivity contribution in [3.05, 3.63) is 0 Å². The highest BCUT2D eigenvalue weighted by Gasteiger charge is 2.50. The summed E-state index contributed by atoms with van der Waals surface area (Å²) in [5, 5.41) is 70.6. The Balaban J connectivity index is 1.78. The highest BCUT2D eigenvalue weighted by molar-refractivity contribution is 4.94. The Morgan fingerprint density at radius 1 is 0.605 bits per heavy atom. The largest absolute Gasteiger partial charge is 0.394 e. The molecule has 2 rings (SSSR count). The van der Waals surface area contributed by atoms with E-state index in [0.29, 0.717) is 12.5 Å². The van der Waals surface area contributed by atoms with Gasteiger partial charge in [0.1, 0.15) is 48.8 Å². The van der Waals surface area contributed by atoms with Gasteiger partial charge in [-0.15, -0.1) is 0 Å². The molecule has 38 heavy (non-hydrogen) atoms. The van der Waals surface area contributed by atoms with Gasteiger partial charge < -0.3 is 54.7 Å². The van der Waals surface area contributed by atoms with E-state index in [-0.39, 0.29) is 0 Å². The molecule has 0 amide bonds. The average Bonchev–Trinajstić information content (AvgIpc) is 2.87. The van der Waals surface area contributed by atoms with Crippen LogP contribution in [0.3, 0.4) is 0 Å². The lowest BCUT2D eigenvalue weighted by atomic mass is 9.93. The zero-order valence-electron chi connectivity index (χ0n) is 23.3. The fourth-order valence-electron chi connectivity index (χ4n) is 5.06. The van der Waals surface area contributed by atoms with Gasteiger partial charge in [-0.25, -0.2) is 0 Å². The third kappa shape index (κ3) is 9.88. The lowest BCUT2D eigenvalue weighted by molar-refractivity contribution is -0.359. The Hall–Kier alpha value is -0.440. The van der Waals surface area contributed by atoms with Gasteiger partial charge in [-0.1, -0.05) is 66.2 Å². The minimum atomic E-state index is -1.70. The number of hydrogen-bond donors (Lipinski definition) is 7. The first-order valence-corrected chi connectivity index (χ1v) is 14.2. The van der Waals surface area contributed by atoms with Crippen LogP contribution in [0.4, 0.5) is 0 Å². The second-order valence-corrected chi connectivity index (χ2v) is 11.6. The number of ether oxygens (including phenoxy) is 4. The standard InChI is InChI=1S/C27H52O11/c1-15(2)7-5-8-16(3)9-6-10-17(4)11-12-35-26-24(34)22(32)25(19(14-29)37-26)38-27-23(33)21(31)20(30)18(13-28)36-27/h15-34H,5-14H2,1-4H3/t16?,17?,18?,19?,20-,21+,22-,23?,24?,25-,26-,27-/m1/s1. The van der Waals surface area contributed by atoms with E-state index >= 15 is 0 Å². The maximum absolute atomic E-state index is 10.7. The molecule has 11 heteroatoms. The first-order valence-electron chi connectivity index (χ1n) is 14.2. The van der Waals surface area contributed by atoms with Crippen LogP contribution in [0.5, 0.6) is 0 Å². The molecule has 0 aliphatic carbocycles. The van der Waals surface area contributed by atoms with E-state index in [2.05, 4.69) is 27.7 Å². The van der Waals surface area contributed by atoms with E-state index < -0.39 is 74.6 Å². The lowest BCUT2D eigenvalue weighted by Crippen LogP contribution is -2.64. The van der Waals surface area contributed by atoms with E-state index in [0.717, 1.165) is 31.1 Å². The summed E-state index contributed by atoms with van der Waals surface area (Å²) in [5.74, 6) is 1.89. The fraction of sp³-hybridized carbons (Fsp3) is 1.00. The summed E-state index contributed by atoms with van der Waals surface area (Å²) in [6.45, 7) is 8.05. The fourth-order valence-corrected chi connectivity index (χ4v) is 5.06. The second-order valence-electron chi connectivity index (χ2n) is 11.6. The van der Waals surface area contributed by atoms with E-state index in [1.54, 1.807) is 0 Å². The van der Waals surface area contributed by atoms with Crippen LogP contribution in [0.25, 0.3) is 0 Å². The van der Waals surface area contributed by atoms with Gasteiger partial charge in [0.25, 0.3) is 0 Å². The Kier molecular flexibility index (Phi) is 14.9. The molecule has 226 valence electrons. The Morgan fingerprint density at radius 3 is 1.71 bits per heavy atom. The normalized spacial score (nSPS) is 37.9. The molecule has 12 atom stereocenters. The zero-order valence-corrected chi connectivity index (χ0v) is 23.3. The molecule has 2 aliphatic rings. The Labute approximate surface area is 226 Å². The first kappa shape index (κ1) is 33.8. The van der Waals surface area contributed by atoms with Crippen LogP contribution in [0.15, 0.2) is 0 Å². The number of aliphatic hydroxyl groups is 7. The number of rotatable bonds is 16. The van der Waals surface area contributed by atoms with Crippen LogP contribution in [0.2, 0.25) is 0 Å². The van der Waals surface area contributed by atoms with Gasteiger partial charge in [0, 0.05) is 0 Å². The molecule has 0 spiro atoms. The van der Waals surface area contributed by atoms with E-state index in [1.165, 1.54) is 25.7 Å². The second kappa shape index (κ2) is 16.7. The van der Waals surface area contributed by atoms with Crippen molar-refractivity contribution in [1.82, 2.24) is 0 Å². The predicted molar refractivity (Wildman–Crippen MR) is 138 cm³/mol. The van der Waals surface area contributed by atoms with Gasteiger partial charge in [-0.05, 0) is 24.2 Å². The molecule has 6 unspecified atom stereocenters. The van der Waals surface area contributed by atoms with Crippen LogP contribution < -0.4 is 0 Å². The first-order chi connectivity index (χ1) is 18.0. The monoisotopic (exact) mass is 552 g/mol. The molecule has 0 aromatic heterocycles. The lowest BCUT2D eigenvalue weighted by Gasteiger charge is -2.46. The van der Waals surface area contributed by atoms with Crippen LogP contribution in [-0.4, -0.2) is 117 Å². The molecular weight excluding hydrogens is 500 g/mol. The van der Waals surface area contributed by atoms with E-state index in [1.807, 2.05) is 0 Å². The van der Waals surface area contributed by atoms with Gasteiger partial charge in [0.15, 0.2) is 12.6 Å². The third-order valence-corrected chi connectivity index (χ3v) is 7.73. The zero-order chi connectivity index (χ0) is 28.4. The van der Waals surface area contributed by atoms with Crippen molar-refractivity contribution < 1.29 is 54.7 Å². The van der Waals surface area contributed by atoms with Crippen molar-refractivity contribution in [3.8, 4) is 0 Å². The molecule has 11 nitrogen and oxygen atoms in total. The summed E-state index contributed by atoms with van der Waals surface area (Å²) in [4.78, 5) is 0.